The molecule has 21 heavy (non-hydrogen) atoms. The number of hydrogen-bond donors (Lipinski definition) is 1. The zero-order chi connectivity index (χ0) is 15.1. The predicted molar refractivity (Wildman–Crippen MR) is 90.8 cm³/mol. The third kappa shape index (κ3) is 5.10. The highest BCUT2D eigenvalue weighted by molar-refractivity contribution is 5.25. The monoisotopic (exact) mass is 289 g/mol. The molecule has 1 saturated heterocycles. The molecule has 1 N–H and O–H groups in total. The first-order chi connectivity index (χ1) is 10.2. The first kappa shape index (κ1) is 16.5. The fourth-order valence-electron chi connectivity index (χ4n) is 3.06. The summed E-state index contributed by atoms with van der Waals surface area (Å²) in [6.45, 7) is 11.4. The van der Waals surface area contributed by atoms with E-state index >= 15 is 0 Å². The molecular formula is C18H31N3. The van der Waals surface area contributed by atoms with Crippen molar-refractivity contribution in [1.29, 1.82) is 0 Å². The van der Waals surface area contributed by atoms with Crippen molar-refractivity contribution in [2.45, 2.75) is 32.7 Å². The number of rotatable bonds is 6. The molecule has 0 radical (unpaired) electrons. The normalized spacial score (nSPS) is 19.4. The van der Waals surface area contributed by atoms with Crippen molar-refractivity contribution < 1.29 is 0 Å². The number of aryl methyl sites for hydroxylation is 1. The van der Waals surface area contributed by atoms with Gasteiger partial charge in [0.2, 0.25) is 0 Å². The minimum atomic E-state index is 0.448. The Morgan fingerprint density at radius 2 is 1.81 bits per heavy atom. The van der Waals surface area contributed by atoms with E-state index in [-0.39, 0.29) is 0 Å². The molecule has 1 aromatic rings. The maximum atomic E-state index is 3.66. The number of benzene rings is 1. The molecule has 1 heterocycles. The average Bonchev–Trinajstić information content (AvgIpc) is 2.72. The summed E-state index contributed by atoms with van der Waals surface area (Å²) in [4.78, 5) is 5.06. The zero-order valence-corrected chi connectivity index (χ0v) is 13.9. The van der Waals surface area contributed by atoms with Crippen LogP contribution in [0.5, 0.6) is 0 Å². The Balaban J connectivity index is 2.00. The zero-order valence-electron chi connectivity index (χ0n) is 13.9. The van der Waals surface area contributed by atoms with Crippen LogP contribution in [0.25, 0.3) is 0 Å². The van der Waals surface area contributed by atoms with Gasteiger partial charge in [-0.2, -0.15) is 0 Å². The number of hydrogen-bond acceptors (Lipinski definition) is 3. The number of nitrogens with one attached hydrogen (secondary N) is 1. The van der Waals surface area contributed by atoms with Crippen molar-refractivity contribution in [3.8, 4) is 0 Å². The number of likely N-dealkylation sites (N-methyl/N-ethyl adjacent to an activating group) is 2. The smallest absolute Gasteiger partial charge is 0.0449 e. The highest BCUT2D eigenvalue weighted by atomic mass is 15.2. The van der Waals surface area contributed by atoms with E-state index < -0.39 is 0 Å². The Kier molecular flexibility index (Phi) is 6.68. The summed E-state index contributed by atoms with van der Waals surface area (Å²) in [6.07, 6.45) is 2.40. The van der Waals surface area contributed by atoms with Crippen molar-refractivity contribution in [2.75, 3.05) is 46.3 Å². The summed E-state index contributed by atoms with van der Waals surface area (Å²) in [5.41, 5.74) is 2.84. The highest BCUT2D eigenvalue weighted by Gasteiger charge is 2.17. The molecule has 1 unspecified atom stereocenters. The van der Waals surface area contributed by atoms with Crippen molar-refractivity contribution in [2.24, 2.45) is 0 Å². The Labute approximate surface area is 130 Å². The van der Waals surface area contributed by atoms with Gasteiger partial charge in [0.15, 0.2) is 0 Å². The second-order valence-electron chi connectivity index (χ2n) is 6.16. The summed E-state index contributed by atoms with van der Waals surface area (Å²) in [6, 6.07) is 9.60. The number of nitrogens with zero attached hydrogens (tertiary/aromatic N) is 2. The van der Waals surface area contributed by atoms with Gasteiger partial charge in [-0.25, -0.2) is 0 Å². The molecule has 2 rings (SSSR count). The first-order valence-corrected chi connectivity index (χ1v) is 8.46. The van der Waals surface area contributed by atoms with Gasteiger partial charge in [-0.1, -0.05) is 38.1 Å². The van der Waals surface area contributed by atoms with E-state index in [2.05, 4.69) is 60.3 Å². The van der Waals surface area contributed by atoms with Crippen LogP contribution in [0.3, 0.4) is 0 Å². The van der Waals surface area contributed by atoms with E-state index in [1.165, 1.54) is 43.7 Å². The standard InChI is InChI=1S/C18H31N3/c1-4-16-7-9-17(10-8-16)18(19-5-2)15-21-12-6-11-20(3)13-14-21/h7-10,18-19H,4-6,11-15H2,1-3H3. The summed E-state index contributed by atoms with van der Waals surface area (Å²) < 4.78 is 0. The van der Waals surface area contributed by atoms with E-state index in [0.717, 1.165) is 19.5 Å². The predicted octanol–water partition coefficient (Wildman–Crippen LogP) is 2.54. The van der Waals surface area contributed by atoms with Gasteiger partial charge < -0.3 is 15.1 Å². The minimum Gasteiger partial charge on any atom is -0.309 e. The lowest BCUT2D eigenvalue weighted by atomic mass is 10.0. The molecule has 1 atom stereocenters. The van der Waals surface area contributed by atoms with Crippen LogP contribution in [-0.2, 0) is 6.42 Å². The lowest BCUT2D eigenvalue weighted by Gasteiger charge is -2.27. The van der Waals surface area contributed by atoms with E-state index in [4.69, 9.17) is 0 Å². The van der Waals surface area contributed by atoms with E-state index in [0.29, 0.717) is 6.04 Å². The quantitative estimate of drug-likeness (QED) is 0.868. The molecule has 1 aliphatic heterocycles. The van der Waals surface area contributed by atoms with Gasteiger partial charge in [-0.05, 0) is 50.7 Å². The molecule has 1 fully saturated rings. The van der Waals surface area contributed by atoms with E-state index in [1.54, 1.807) is 0 Å². The fraction of sp³-hybridized carbons (Fsp3) is 0.667. The third-order valence-corrected chi connectivity index (χ3v) is 4.49. The van der Waals surface area contributed by atoms with Crippen LogP contribution in [0.4, 0.5) is 0 Å². The van der Waals surface area contributed by atoms with Crippen molar-refractivity contribution in [1.82, 2.24) is 15.1 Å². The topological polar surface area (TPSA) is 18.5 Å². The van der Waals surface area contributed by atoms with Crippen molar-refractivity contribution >= 4 is 0 Å². The van der Waals surface area contributed by atoms with E-state index in [1.807, 2.05) is 0 Å². The van der Waals surface area contributed by atoms with Crippen LogP contribution >= 0.6 is 0 Å². The molecule has 0 spiro atoms. The van der Waals surface area contributed by atoms with Crippen LogP contribution in [-0.4, -0.2) is 56.1 Å². The Morgan fingerprint density at radius 3 is 2.48 bits per heavy atom. The van der Waals surface area contributed by atoms with Crippen LogP contribution in [0.1, 0.15) is 37.4 Å². The largest absolute Gasteiger partial charge is 0.309 e. The molecule has 3 heteroatoms. The fourth-order valence-corrected chi connectivity index (χ4v) is 3.06. The van der Waals surface area contributed by atoms with Gasteiger partial charge in [0.25, 0.3) is 0 Å². The van der Waals surface area contributed by atoms with Crippen LogP contribution < -0.4 is 5.32 Å². The second kappa shape index (κ2) is 8.52. The SMILES string of the molecule is CCNC(CN1CCCN(C)CC1)c1ccc(CC)cc1. The van der Waals surface area contributed by atoms with Gasteiger partial charge in [0, 0.05) is 25.7 Å². The Bertz CT molecular complexity index is 401. The average molecular weight is 289 g/mol. The summed E-state index contributed by atoms with van der Waals surface area (Å²) in [7, 11) is 2.23. The molecule has 118 valence electrons. The lowest BCUT2D eigenvalue weighted by molar-refractivity contribution is 0.248. The molecule has 0 aliphatic carbocycles. The molecule has 0 saturated carbocycles. The van der Waals surface area contributed by atoms with E-state index in [9.17, 15) is 0 Å². The second-order valence-corrected chi connectivity index (χ2v) is 6.16. The molecular weight excluding hydrogens is 258 g/mol. The van der Waals surface area contributed by atoms with Crippen molar-refractivity contribution in [3.63, 3.8) is 0 Å². The van der Waals surface area contributed by atoms with Crippen LogP contribution in [0.15, 0.2) is 24.3 Å². The molecule has 1 aromatic carbocycles. The Morgan fingerprint density at radius 1 is 1.05 bits per heavy atom. The van der Waals surface area contributed by atoms with Crippen molar-refractivity contribution in [3.05, 3.63) is 35.4 Å². The lowest BCUT2D eigenvalue weighted by Crippen LogP contribution is -2.37. The summed E-state index contributed by atoms with van der Waals surface area (Å²) in [5, 5.41) is 3.66. The highest BCUT2D eigenvalue weighted by Crippen LogP contribution is 2.17. The van der Waals surface area contributed by atoms with Gasteiger partial charge in [0.1, 0.15) is 0 Å². The molecule has 0 bridgehead atoms. The molecule has 0 aromatic heterocycles. The molecule has 0 amide bonds. The summed E-state index contributed by atoms with van der Waals surface area (Å²) in [5.74, 6) is 0. The minimum absolute atomic E-state index is 0.448. The molecule has 1 aliphatic rings. The first-order valence-electron chi connectivity index (χ1n) is 8.46. The Hall–Kier alpha value is -0.900. The maximum Gasteiger partial charge on any atom is 0.0449 e. The molecule has 3 nitrogen and oxygen atoms in total. The van der Waals surface area contributed by atoms with Gasteiger partial charge in [0.05, 0.1) is 0 Å². The third-order valence-electron chi connectivity index (χ3n) is 4.49. The van der Waals surface area contributed by atoms with Crippen LogP contribution in [0.2, 0.25) is 0 Å². The maximum absolute atomic E-state index is 3.66. The van der Waals surface area contributed by atoms with Crippen LogP contribution in [0, 0.1) is 0 Å². The van der Waals surface area contributed by atoms with Gasteiger partial charge >= 0.3 is 0 Å². The summed E-state index contributed by atoms with van der Waals surface area (Å²) >= 11 is 0. The van der Waals surface area contributed by atoms with Gasteiger partial charge in [-0.3, -0.25) is 0 Å². The van der Waals surface area contributed by atoms with Gasteiger partial charge in [-0.15, -0.1) is 0 Å².